The first-order valence-corrected chi connectivity index (χ1v) is 9.81. The Hall–Kier alpha value is -2.42. The lowest BCUT2D eigenvalue weighted by Gasteiger charge is -2.10. The van der Waals surface area contributed by atoms with Crippen LogP contribution in [-0.2, 0) is 24.3 Å². The Bertz CT molecular complexity index is 943. The van der Waals surface area contributed by atoms with Crippen LogP contribution in [-0.4, -0.2) is 33.4 Å². The number of hydrogen-bond donors (Lipinski definition) is 2. The lowest BCUT2D eigenvalue weighted by molar-refractivity contribution is -0.146. The van der Waals surface area contributed by atoms with Gasteiger partial charge in [0, 0.05) is 10.7 Å². The molecule has 0 unspecified atom stereocenters. The van der Waals surface area contributed by atoms with Gasteiger partial charge in [-0.25, -0.2) is 8.42 Å². The van der Waals surface area contributed by atoms with E-state index in [1.165, 1.54) is 12.1 Å². The summed E-state index contributed by atoms with van der Waals surface area (Å²) in [4.78, 5) is 23.6. The molecule has 2 aromatic rings. The van der Waals surface area contributed by atoms with Crippen LogP contribution in [0.3, 0.4) is 0 Å². The fraction of sp³-hybridized carbons (Fsp3) is 0.222. The second-order valence-electron chi connectivity index (χ2n) is 5.81. The number of benzene rings is 2. The number of halogens is 1. The van der Waals surface area contributed by atoms with E-state index in [4.69, 9.17) is 16.3 Å². The zero-order valence-corrected chi connectivity index (χ0v) is 16.4. The Balaban J connectivity index is 1.82. The van der Waals surface area contributed by atoms with Gasteiger partial charge in [0.05, 0.1) is 4.90 Å². The summed E-state index contributed by atoms with van der Waals surface area (Å²) in [6.45, 7) is 2.49. The van der Waals surface area contributed by atoms with Gasteiger partial charge in [0.15, 0.2) is 6.61 Å². The third-order valence-electron chi connectivity index (χ3n) is 3.58. The first-order chi connectivity index (χ1) is 12.7. The summed E-state index contributed by atoms with van der Waals surface area (Å²) < 4.78 is 31.1. The van der Waals surface area contributed by atoms with Gasteiger partial charge in [-0.05, 0) is 43.7 Å². The lowest BCUT2D eigenvalue weighted by Crippen LogP contribution is -2.32. The van der Waals surface area contributed by atoms with Crippen LogP contribution in [0.25, 0.3) is 0 Å². The van der Waals surface area contributed by atoms with Crippen molar-refractivity contribution in [3.63, 3.8) is 0 Å². The average molecular weight is 411 g/mol. The quantitative estimate of drug-likeness (QED) is 0.682. The Morgan fingerprint density at radius 2 is 1.74 bits per heavy atom. The molecule has 2 aromatic carbocycles. The zero-order valence-electron chi connectivity index (χ0n) is 14.8. The first-order valence-electron chi connectivity index (χ1n) is 7.95. The van der Waals surface area contributed by atoms with E-state index in [0.29, 0.717) is 10.7 Å². The number of carbonyl (C=O) groups is 2. The third kappa shape index (κ3) is 6.35. The minimum absolute atomic E-state index is 0.0371. The predicted octanol–water partition coefficient (Wildman–Crippen LogP) is 2.42. The number of sulfonamides is 1. The largest absolute Gasteiger partial charge is 0.455 e. The van der Waals surface area contributed by atoms with Gasteiger partial charge in [0.25, 0.3) is 5.91 Å². The van der Waals surface area contributed by atoms with Gasteiger partial charge < -0.3 is 10.1 Å². The normalized spacial score (nSPS) is 11.1. The standard InChI is InChI=1S/C18H19ClN2O5S/c1-12-3-7-15(8-4-12)27(24,25)20-10-18(23)26-11-17(22)21-16-9-14(19)6-5-13(16)2/h3-9,20H,10-11H2,1-2H3,(H,21,22). The molecular formula is C18H19ClN2O5S. The van der Waals surface area contributed by atoms with Gasteiger partial charge in [0.2, 0.25) is 10.0 Å². The van der Waals surface area contributed by atoms with Crippen LogP contribution in [0.1, 0.15) is 11.1 Å². The fourth-order valence-corrected chi connectivity index (χ4v) is 3.21. The molecule has 9 heteroatoms. The van der Waals surface area contributed by atoms with Crippen molar-refractivity contribution in [2.24, 2.45) is 0 Å². The van der Waals surface area contributed by atoms with Crippen molar-refractivity contribution >= 4 is 39.2 Å². The lowest BCUT2D eigenvalue weighted by atomic mass is 10.2. The third-order valence-corrected chi connectivity index (χ3v) is 5.23. The molecule has 0 aromatic heterocycles. The molecule has 0 radical (unpaired) electrons. The molecule has 0 aliphatic carbocycles. The van der Waals surface area contributed by atoms with Gasteiger partial charge in [-0.3, -0.25) is 9.59 Å². The maximum absolute atomic E-state index is 12.1. The van der Waals surface area contributed by atoms with Crippen molar-refractivity contribution in [1.82, 2.24) is 4.72 Å². The molecule has 7 nitrogen and oxygen atoms in total. The van der Waals surface area contributed by atoms with Crippen molar-refractivity contribution in [3.8, 4) is 0 Å². The second kappa shape index (κ2) is 8.98. The van der Waals surface area contributed by atoms with Crippen molar-refractivity contribution in [3.05, 3.63) is 58.6 Å². The van der Waals surface area contributed by atoms with Crippen LogP contribution in [0.4, 0.5) is 5.69 Å². The highest BCUT2D eigenvalue weighted by atomic mass is 35.5. The average Bonchev–Trinajstić information content (AvgIpc) is 2.62. The van der Waals surface area contributed by atoms with Gasteiger partial charge in [-0.2, -0.15) is 4.72 Å². The van der Waals surface area contributed by atoms with E-state index in [1.54, 1.807) is 37.3 Å². The molecule has 2 rings (SSSR count). The number of hydrogen-bond acceptors (Lipinski definition) is 5. The number of carbonyl (C=O) groups excluding carboxylic acids is 2. The van der Waals surface area contributed by atoms with E-state index >= 15 is 0 Å². The molecule has 0 aliphatic rings. The summed E-state index contributed by atoms with van der Waals surface area (Å²) >= 11 is 5.87. The van der Waals surface area contributed by atoms with Crippen LogP contribution in [0, 0.1) is 13.8 Å². The summed E-state index contributed by atoms with van der Waals surface area (Å²) in [7, 11) is -3.84. The number of aryl methyl sites for hydroxylation is 2. The number of amides is 1. The minimum Gasteiger partial charge on any atom is -0.455 e. The maximum atomic E-state index is 12.1. The number of anilines is 1. The molecule has 0 aliphatic heterocycles. The van der Waals surface area contributed by atoms with E-state index in [1.807, 2.05) is 6.92 Å². The van der Waals surface area contributed by atoms with E-state index < -0.39 is 35.1 Å². The Morgan fingerprint density at radius 3 is 2.41 bits per heavy atom. The molecule has 0 saturated carbocycles. The van der Waals surface area contributed by atoms with Gasteiger partial charge >= 0.3 is 5.97 Å². The van der Waals surface area contributed by atoms with Crippen LogP contribution in [0.5, 0.6) is 0 Å². The highest BCUT2D eigenvalue weighted by Gasteiger charge is 2.16. The van der Waals surface area contributed by atoms with Crippen LogP contribution < -0.4 is 10.0 Å². The molecule has 0 saturated heterocycles. The SMILES string of the molecule is Cc1ccc(S(=O)(=O)NCC(=O)OCC(=O)Nc2cc(Cl)ccc2C)cc1. The zero-order chi connectivity index (χ0) is 20.0. The van der Waals surface area contributed by atoms with Gasteiger partial charge in [-0.1, -0.05) is 35.4 Å². The maximum Gasteiger partial charge on any atom is 0.321 e. The monoisotopic (exact) mass is 410 g/mol. The summed E-state index contributed by atoms with van der Waals surface area (Å²) in [5.74, 6) is -1.43. The smallest absolute Gasteiger partial charge is 0.321 e. The summed E-state index contributed by atoms with van der Waals surface area (Å²) in [5.41, 5.74) is 2.21. The first kappa shape index (κ1) is 20.9. The van der Waals surface area contributed by atoms with Crippen LogP contribution in [0.15, 0.2) is 47.4 Å². The van der Waals surface area contributed by atoms with Gasteiger partial charge in [-0.15, -0.1) is 0 Å². The Morgan fingerprint density at radius 1 is 1.07 bits per heavy atom. The number of ether oxygens (including phenoxy) is 1. The molecule has 0 atom stereocenters. The highest BCUT2D eigenvalue weighted by Crippen LogP contribution is 2.20. The molecule has 0 fully saturated rings. The van der Waals surface area contributed by atoms with Crippen molar-refractivity contribution in [2.75, 3.05) is 18.5 Å². The highest BCUT2D eigenvalue weighted by molar-refractivity contribution is 7.89. The van der Waals surface area contributed by atoms with E-state index in [-0.39, 0.29) is 4.90 Å². The topological polar surface area (TPSA) is 102 Å². The summed E-state index contributed by atoms with van der Waals surface area (Å²) in [6, 6.07) is 11.2. The molecule has 0 heterocycles. The van der Waals surface area contributed by atoms with E-state index in [0.717, 1.165) is 11.1 Å². The molecule has 27 heavy (non-hydrogen) atoms. The number of nitrogens with one attached hydrogen (secondary N) is 2. The van der Waals surface area contributed by atoms with Crippen molar-refractivity contribution < 1.29 is 22.7 Å². The molecule has 0 bridgehead atoms. The van der Waals surface area contributed by atoms with Crippen LogP contribution >= 0.6 is 11.6 Å². The van der Waals surface area contributed by atoms with Crippen molar-refractivity contribution in [1.29, 1.82) is 0 Å². The molecule has 0 spiro atoms. The summed E-state index contributed by atoms with van der Waals surface area (Å²) in [6.07, 6.45) is 0. The van der Waals surface area contributed by atoms with E-state index in [2.05, 4.69) is 10.0 Å². The van der Waals surface area contributed by atoms with Crippen molar-refractivity contribution in [2.45, 2.75) is 18.7 Å². The second-order valence-corrected chi connectivity index (χ2v) is 8.01. The predicted molar refractivity (Wildman–Crippen MR) is 102 cm³/mol. The van der Waals surface area contributed by atoms with Crippen LogP contribution in [0.2, 0.25) is 5.02 Å². The summed E-state index contributed by atoms with van der Waals surface area (Å²) in [5, 5.41) is 3.03. The Kier molecular flexibility index (Phi) is 6.95. The molecule has 2 N–H and O–H groups in total. The van der Waals surface area contributed by atoms with Gasteiger partial charge in [0.1, 0.15) is 6.54 Å². The molecule has 1 amide bonds. The van der Waals surface area contributed by atoms with E-state index in [9.17, 15) is 18.0 Å². The Labute approximate surface area is 162 Å². The molecular weight excluding hydrogens is 392 g/mol. The molecule has 144 valence electrons. The fourth-order valence-electron chi connectivity index (χ4n) is 2.07. The number of esters is 1. The minimum atomic E-state index is -3.84. The number of rotatable bonds is 7.